The molecule has 432 valence electrons. The number of fused-ring (bicyclic) bond motifs is 1. The molecule has 0 bridgehead atoms. The van der Waals surface area contributed by atoms with E-state index >= 15 is 0 Å². The number of thioether (sulfide) groups is 1. The SMILES string of the molecule is COc1ccc(C(OC[C@H]2O[C@@H](n3cnc4c(NC(=O)OCC(c5ccccc5[N+](=O)[O-])c5ccccc5[N+](=O)[O-])ncnc43)C[C@@H]2OP(OCCSC(=O)C(C)(C)C)N(C(C)C)C(C)C)(c2ccccc2)c2ccc(OC)cc2)cc1. The van der Waals surface area contributed by atoms with Crippen molar-refractivity contribution in [1.82, 2.24) is 24.2 Å². The van der Waals surface area contributed by atoms with E-state index < -0.39 is 66.4 Å². The lowest BCUT2D eigenvalue weighted by Gasteiger charge is -2.39. The van der Waals surface area contributed by atoms with E-state index in [0.717, 1.165) is 16.7 Å². The van der Waals surface area contributed by atoms with Crippen LogP contribution in [0.1, 0.15) is 94.9 Å². The van der Waals surface area contributed by atoms with E-state index in [-0.39, 0.29) is 76.3 Å². The molecule has 1 aliphatic heterocycles. The number of amides is 1. The van der Waals surface area contributed by atoms with E-state index in [1.807, 2.05) is 99.6 Å². The molecule has 5 aromatic carbocycles. The number of benzene rings is 5. The van der Waals surface area contributed by atoms with Gasteiger partial charge >= 0.3 is 6.09 Å². The second-order valence-corrected chi connectivity index (χ2v) is 23.3. The summed E-state index contributed by atoms with van der Waals surface area (Å²) in [5.74, 6) is 0.615. The summed E-state index contributed by atoms with van der Waals surface area (Å²) in [5.41, 5.74) is 0.787. The highest BCUT2D eigenvalue weighted by atomic mass is 32.2. The second kappa shape index (κ2) is 27.1. The third kappa shape index (κ3) is 13.9. The van der Waals surface area contributed by atoms with Crippen molar-refractivity contribution < 1.29 is 52.2 Å². The monoisotopic (exact) mass is 1160 g/mol. The number of imidazole rings is 1. The summed E-state index contributed by atoms with van der Waals surface area (Å²) in [5, 5.41) is 27.1. The van der Waals surface area contributed by atoms with Crippen molar-refractivity contribution in [2.24, 2.45) is 5.41 Å². The number of ether oxygens (including phenoxy) is 5. The van der Waals surface area contributed by atoms with Crippen molar-refractivity contribution in [3.8, 4) is 11.5 Å². The molecule has 1 amide bonds. The van der Waals surface area contributed by atoms with Crippen molar-refractivity contribution in [2.45, 2.75) is 96.9 Å². The molecule has 0 radical (unpaired) electrons. The highest BCUT2D eigenvalue weighted by molar-refractivity contribution is 8.13. The topological polar surface area (TPSA) is 244 Å². The Morgan fingerprint density at radius 3 is 1.87 bits per heavy atom. The van der Waals surface area contributed by atoms with Gasteiger partial charge in [-0.05, 0) is 68.7 Å². The van der Waals surface area contributed by atoms with Gasteiger partial charge in [-0.2, -0.15) is 0 Å². The number of nitrogens with zero attached hydrogens (tertiary/aromatic N) is 7. The van der Waals surface area contributed by atoms with Crippen molar-refractivity contribution in [3.05, 3.63) is 188 Å². The van der Waals surface area contributed by atoms with Crippen LogP contribution in [0.2, 0.25) is 0 Å². The van der Waals surface area contributed by atoms with Gasteiger partial charge in [0.25, 0.3) is 19.9 Å². The Morgan fingerprint density at radius 1 is 0.780 bits per heavy atom. The normalized spacial score (nSPS) is 16.0. The van der Waals surface area contributed by atoms with Crippen LogP contribution in [0, 0.1) is 25.6 Å². The second-order valence-electron chi connectivity index (χ2n) is 20.8. The summed E-state index contributed by atoms with van der Waals surface area (Å²) in [6, 6.07) is 36.9. The van der Waals surface area contributed by atoms with Crippen LogP contribution in [0.4, 0.5) is 22.0 Å². The number of nitro groups is 2. The molecular weight excluding hydrogens is 1090 g/mol. The van der Waals surface area contributed by atoms with Gasteiger partial charge < -0.3 is 32.7 Å². The molecule has 21 nitrogen and oxygen atoms in total. The Balaban J connectivity index is 1.13. The van der Waals surface area contributed by atoms with Gasteiger partial charge in [0.15, 0.2) is 22.1 Å². The Labute approximate surface area is 481 Å². The minimum absolute atomic E-state index is 0.00911. The maximum Gasteiger partial charge on any atom is 0.412 e. The number of carbonyl (C=O) groups excluding carboxylic acids is 2. The number of methoxy groups -OCH3 is 2. The molecule has 1 N–H and O–H groups in total. The average Bonchev–Trinajstić information content (AvgIpc) is 2.91. The van der Waals surface area contributed by atoms with Crippen LogP contribution in [-0.2, 0) is 33.7 Å². The highest BCUT2D eigenvalue weighted by Crippen LogP contribution is 2.51. The zero-order valence-electron chi connectivity index (χ0n) is 47.1. The highest BCUT2D eigenvalue weighted by Gasteiger charge is 2.45. The lowest BCUT2D eigenvalue weighted by atomic mass is 9.80. The van der Waals surface area contributed by atoms with Crippen molar-refractivity contribution >= 4 is 59.9 Å². The van der Waals surface area contributed by atoms with Crippen LogP contribution in [-0.4, -0.2) is 109 Å². The maximum absolute atomic E-state index is 13.8. The lowest BCUT2D eigenvalue weighted by Crippen LogP contribution is -2.39. The Bertz CT molecular complexity index is 3200. The van der Waals surface area contributed by atoms with Gasteiger partial charge in [-0.25, -0.2) is 24.4 Å². The van der Waals surface area contributed by atoms with Gasteiger partial charge in [-0.15, -0.1) is 0 Å². The number of rotatable bonds is 25. The van der Waals surface area contributed by atoms with Crippen molar-refractivity contribution in [1.29, 1.82) is 0 Å². The van der Waals surface area contributed by atoms with Crippen LogP contribution in [0.15, 0.2) is 140 Å². The third-order valence-electron chi connectivity index (χ3n) is 13.7. The number of nitrogens with one attached hydrogen (secondary N) is 1. The fourth-order valence-electron chi connectivity index (χ4n) is 9.81. The number of anilines is 1. The largest absolute Gasteiger partial charge is 0.497 e. The van der Waals surface area contributed by atoms with Crippen LogP contribution < -0.4 is 14.8 Å². The molecule has 1 fully saturated rings. The zero-order valence-corrected chi connectivity index (χ0v) is 48.8. The molecule has 8 rings (SSSR count). The molecule has 2 aromatic heterocycles. The first-order valence-electron chi connectivity index (χ1n) is 26.6. The average molecular weight is 1160 g/mol. The Kier molecular flexibility index (Phi) is 20.0. The molecule has 23 heteroatoms. The summed E-state index contributed by atoms with van der Waals surface area (Å²) in [6.45, 7) is 13.7. The quantitative estimate of drug-likeness (QED) is 0.0184. The molecule has 0 saturated carbocycles. The van der Waals surface area contributed by atoms with E-state index in [1.165, 1.54) is 60.8 Å². The first kappa shape index (κ1) is 60.7. The predicted molar refractivity (Wildman–Crippen MR) is 312 cm³/mol. The van der Waals surface area contributed by atoms with Gasteiger partial charge in [0.2, 0.25) is 0 Å². The van der Waals surface area contributed by atoms with Gasteiger partial charge in [-0.1, -0.05) is 124 Å². The number of nitro benzene ring substituents is 2. The minimum Gasteiger partial charge on any atom is -0.497 e. The van der Waals surface area contributed by atoms with E-state index in [0.29, 0.717) is 17.3 Å². The van der Waals surface area contributed by atoms with Crippen LogP contribution in [0.25, 0.3) is 11.2 Å². The first-order chi connectivity index (χ1) is 39.3. The fraction of sp³-hybridized carbons (Fsp3) is 0.373. The maximum atomic E-state index is 13.8. The molecule has 1 aliphatic rings. The van der Waals surface area contributed by atoms with E-state index in [2.05, 4.69) is 52.6 Å². The predicted octanol–water partition coefficient (Wildman–Crippen LogP) is 12.4. The van der Waals surface area contributed by atoms with Crippen molar-refractivity contribution in [2.75, 3.05) is 45.1 Å². The molecule has 0 aliphatic carbocycles. The summed E-state index contributed by atoms with van der Waals surface area (Å²) in [6.07, 6.45) is -0.208. The molecule has 7 aromatic rings. The van der Waals surface area contributed by atoms with E-state index in [9.17, 15) is 29.8 Å². The number of para-hydroxylation sites is 2. The Hall–Kier alpha value is -7.43. The van der Waals surface area contributed by atoms with Gasteiger partial charge in [-0.3, -0.25) is 34.9 Å². The summed E-state index contributed by atoms with van der Waals surface area (Å²) < 4.78 is 49.2. The number of carbonyl (C=O) groups is 2. The lowest BCUT2D eigenvalue weighted by molar-refractivity contribution is -0.386. The molecule has 82 heavy (non-hydrogen) atoms. The van der Waals surface area contributed by atoms with E-state index in [4.69, 9.17) is 32.7 Å². The molecule has 1 saturated heterocycles. The molecule has 3 heterocycles. The summed E-state index contributed by atoms with van der Waals surface area (Å²) >= 11 is 1.23. The van der Waals surface area contributed by atoms with Crippen LogP contribution in [0.5, 0.6) is 11.5 Å². The number of hydrogen-bond donors (Lipinski definition) is 1. The third-order valence-corrected chi connectivity index (χ3v) is 17.1. The molecule has 0 spiro atoms. The number of aromatic nitrogens is 4. The van der Waals surface area contributed by atoms with Crippen LogP contribution >= 0.6 is 20.3 Å². The number of hydrogen-bond acceptors (Lipinski definition) is 18. The standard InChI is InChI=1S/C59H67N8O13PS/c1-38(2)65(39(3)4)81(78-31-32-82-56(68)58(5,6)7)80-50-33-52(79-51(50)35-77-59(40-17-11-10-12-18-40,41-23-27-43(74-8)28-24-41)42-25-29-44(75-9)30-26-42)64-37-62-53-54(60-36-61-55(53)64)63-57(69)76-34-47(45-19-13-15-21-48(45)66(70)71)46-20-14-16-22-49(46)67(72)73/h10-30,36-39,47,50-52H,31-35H2,1-9H3,(H,60,61,63,69)/t50-,51+,52+,81?/m0/s1. The molecule has 1 unspecified atom stereocenters. The van der Waals surface area contributed by atoms with E-state index in [1.54, 1.807) is 30.9 Å². The van der Waals surface area contributed by atoms with Crippen LogP contribution in [0.3, 0.4) is 0 Å². The van der Waals surface area contributed by atoms with Gasteiger partial charge in [0.1, 0.15) is 42.4 Å². The summed E-state index contributed by atoms with van der Waals surface area (Å²) in [7, 11) is 1.44. The smallest absolute Gasteiger partial charge is 0.412 e. The fourth-order valence-corrected chi connectivity index (χ4v) is 12.5. The Morgan fingerprint density at radius 2 is 1.33 bits per heavy atom. The first-order valence-corrected chi connectivity index (χ1v) is 28.7. The van der Waals surface area contributed by atoms with Gasteiger partial charge in [0, 0.05) is 52.9 Å². The molecule has 4 atom stereocenters. The molecular formula is C59H67N8O13PS. The van der Waals surface area contributed by atoms with Crippen molar-refractivity contribution in [3.63, 3.8) is 0 Å². The van der Waals surface area contributed by atoms with Gasteiger partial charge in [0.05, 0.1) is 55.6 Å². The summed E-state index contributed by atoms with van der Waals surface area (Å²) in [4.78, 5) is 63.5. The zero-order chi connectivity index (χ0) is 58.7. The minimum atomic E-state index is -1.79.